The van der Waals surface area contributed by atoms with Gasteiger partial charge >= 0.3 is 0 Å². The number of hydrogen-bond donors (Lipinski definition) is 3. The Morgan fingerprint density at radius 1 is 1.38 bits per heavy atom. The Bertz CT molecular complexity index is 531. The van der Waals surface area contributed by atoms with Crippen LogP contribution in [-0.2, 0) is 0 Å². The zero-order chi connectivity index (χ0) is 11.1. The molecule has 4 N–H and O–H groups in total. The Morgan fingerprint density at radius 3 is 2.88 bits per heavy atom. The Balaban J connectivity index is 1.97. The van der Waals surface area contributed by atoms with E-state index < -0.39 is 0 Å². The van der Waals surface area contributed by atoms with Crippen molar-refractivity contribution in [2.24, 2.45) is 0 Å². The lowest BCUT2D eigenvalue weighted by molar-refractivity contribution is 0.478. The number of nitrogen functional groups attached to an aromatic ring is 1. The van der Waals surface area contributed by atoms with Crippen molar-refractivity contribution >= 4 is 5.69 Å². The maximum atomic E-state index is 9.50. The second-order valence-corrected chi connectivity index (χ2v) is 4.09. The lowest BCUT2D eigenvalue weighted by Crippen LogP contribution is -1.87. The van der Waals surface area contributed by atoms with E-state index in [2.05, 4.69) is 15.2 Å². The lowest BCUT2D eigenvalue weighted by Gasteiger charge is -1.99. The number of phenols is 1. The molecule has 82 valence electrons. The highest BCUT2D eigenvalue weighted by Gasteiger charge is 2.27. The van der Waals surface area contributed by atoms with Crippen LogP contribution in [0.4, 0.5) is 5.69 Å². The molecular weight excluding hydrogens is 204 g/mol. The Kier molecular flexibility index (Phi) is 1.86. The molecule has 2 aromatic rings. The quantitative estimate of drug-likeness (QED) is 0.526. The van der Waals surface area contributed by atoms with Crippen LogP contribution >= 0.6 is 0 Å². The second kappa shape index (κ2) is 3.23. The van der Waals surface area contributed by atoms with Crippen molar-refractivity contribution in [1.82, 2.24) is 15.2 Å². The van der Waals surface area contributed by atoms with Crippen LogP contribution in [0.5, 0.6) is 5.75 Å². The van der Waals surface area contributed by atoms with E-state index in [1.54, 1.807) is 18.2 Å². The lowest BCUT2D eigenvalue weighted by atomic mass is 10.2. The molecule has 16 heavy (non-hydrogen) atoms. The van der Waals surface area contributed by atoms with Gasteiger partial charge in [0, 0.05) is 11.5 Å². The molecule has 5 nitrogen and oxygen atoms in total. The summed E-state index contributed by atoms with van der Waals surface area (Å²) in [4.78, 5) is 4.39. The van der Waals surface area contributed by atoms with Crippen LogP contribution in [0.15, 0.2) is 18.2 Å². The van der Waals surface area contributed by atoms with Gasteiger partial charge in [0.1, 0.15) is 11.6 Å². The van der Waals surface area contributed by atoms with E-state index in [1.165, 1.54) is 12.8 Å². The molecule has 0 atom stereocenters. The molecule has 1 fully saturated rings. The molecule has 0 radical (unpaired) electrons. The summed E-state index contributed by atoms with van der Waals surface area (Å²) < 4.78 is 0. The van der Waals surface area contributed by atoms with E-state index in [9.17, 15) is 5.11 Å². The molecule has 0 saturated heterocycles. The fraction of sp³-hybridized carbons (Fsp3) is 0.273. The van der Waals surface area contributed by atoms with E-state index in [1.807, 2.05) is 0 Å². The SMILES string of the molecule is Nc1ccc(-c2n[nH]c(C3CC3)n2)cc1O. The van der Waals surface area contributed by atoms with Crippen molar-refractivity contribution in [2.75, 3.05) is 5.73 Å². The van der Waals surface area contributed by atoms with Gasteiger partial charge in [0.2, 0.25) is 0 Å². The van der Waals surface area contributed by atoms with Gasteiger partial charge in [0.05, 0.1) is 5.69 Å². The highest BCUT2D eigenvalue weighted by Crippen LogP contribution is 2.38. The third kappa shape index (κ3) is 1.50. The zero-order valence-electron chi connectivity index (χ0n) is 8.64. The van der Waals surface area contributed by atoms with Crippen LogP contribution in [0.3, 0.4) is 0 Å². The minimum absolute atomic E-state index is 0.0651. The Hall–Kier alpha value is -2.04. The zero-order valence-corrected chi connectivity index (χ0v) is 8.64. The van der Waals surface area contributed by atoms with E-state index >= 15 is 0 Å². The summed E-state index contributed by atoms with van der Waals surface area (Å²) in [6.07, 6.45) is 2.36. The minimum Gasteiger partial charge on any atom is -0.506 e. The number of phenolic OH excluding ortho intramolecular Hbond substituents is 1. The van der Waals surface area contributed by atoms with Crippen molar-refractivity contribution in [2.45, 2.75) is 18.8 Å². The molecule has 1 aromatic heterocycles. The first-order valence-electron chi connectivity index (χ1n) is 5.25. The molecule has 0 aliphatic heterocycles. The van der Waals surface area contributed by atoms with Crippen LogP contribution in [-0.4, -0.2) is 20.3 Å². The molecule has 1 aliphatic carbocycles. The molecule has 5 heteroatoms. The number of rotatable bonds is 2. The summed E-state index contributed by atoms with van der Waals surface area (Å²) in [5, 5.41) is 16.6. The molecule has 3 rings (SSSR count). The van der Waals surface area contributed by atoms with Crippen molar-refractivity contribution in [3.8, 4) is 17.1 Å². The summed E-state index contributed by atoms with van der Waals surface area (Å²) in [5.74, 6) is 2.16. The molecular formula is C11H12N4O. The summed E-state index contributed by atoms with van der Waals surface area (Å²) in [6, 6.07) is 5.03. The largest absolute Gasteiger partial charge is 0.506 e. The van der Waals surface area contributed by atoms with Gasteiger partial charge in [-0.2, -0.15) is 5.10 Å². The maximum Gasteiger partial charge on any atom is 0.181 e. The summed E-state index contributed by atoms with van der Waals surface area (Å²) in [7, 11) is 0. The predicted octanol–water partition coefficient (Wildman–Crippen LogP) is 1.64. The highest BCUT2D eigenvalue weighted by atomic mass is 16.3. The Labute approximate surface area is 92.3 Å². The molecule has 1 aromatic carbocycles. The van der Waals surface area contributed by atoms with Gasteiger partial charge in [0.25, 0.3) is 0 Å². The smallest absolute Gasteiger partial charge is 0.181 e. The van der Waals surface area contributed by atoms with Gasteiger partial charge in [-0.15, -0.1) is 0 Å². The fourth-order valence-corrected chi connectivity index (χ4v) is 1.63. The topological polar surface area (TPSA) is 87.8 Å². The van der Waals surface area contributed by atoms with Crippen LogP contribution in [0.2, 0.25) is 0 Å². The van der Waals surface area contributed by atoms with Crippen molar-refractivity contribution in [1.29, 1.82) is 0 Å². The van der Waals surface area contributed by atoms with Crippen LogP contribution < -0.4 is 5.73 Å². The number of nitrogens with one attached hydrogen (secondary N) is 1. The molecule has 0 spiro atoms. The average Bonchev–Trinajstić information content (AvgIpc) is 3.01. The Morgan fingerprint density at radius 2 is 2.19 bits per heavy atom. The second-order valence-electron chi connectivity index (χ2n) is 4.09. The van der Waals surface area contributed by atoms with Crippen LogP contribution in [0, 0.1) is 0 Å². The average molecular weight is 216 g/mol. The number of hydrogen-bond acceptors (Lipinski definition) is 4. The van der Waals surface area contributed by atoms with Gasteiger partial charge in [0.15, 0.2) is 5.82 Å². The van der Waals surface area contributed by atoms with Crippen LogP contribution in [0.1, 0.15) is 24.6 Å². The molecule has 1 saturated carbocycles. The van der Waals surface area contributed by atoms with Gasteiger partial charge in [-0.25, -0.2) is 4.98 Å². The van der Waals surface area contributed by atoms with Gasteiger partial charge in [-0.3, -0.25) is 5.10 Å². The first-order valence-corrected chi connectivity index (χ1v) is 5.25. The summed E-state index contributed by atoms with van der Waals surface area (Å²) >= 11 is 0. The van der Waals surface area contributed by atoms with Crippen molar-refractivity contribution in [3.63, 3.8) is 0 Å². The molecule has 0 unspecified atom stereocenters. The third-order valence-electron chi connectivity index (χ3n) is 2.76. The number of aromatic nitrogens is 3. The standard InChI is InChI=1S/C11H12N4O/c12-8-4-3-7(5-9(8)16)11-13-10(14-15-11)6-1-2-6/h3-6,16H,1-2,12H2,(H,13,14,15). The molecule has 0 bridgehead atoms. The van der Waals surface area contributed by atoms with Gasteiger partial charge in [-0.1, -0.05) is 0 Å². The number of H-pyrrole nitrogens is 1. The predicted molar refractivity (Wildman–Crippen MR) is 59.9 cm³/mol. The molecule has 0 amide bonds. The number of benzene rings is 1. The van der Waals surface area contributed by atoms with E-state index in [0.29, 0.717) is 17.4 Å². The summed E-state index contributed by atoms with van der Waals surface area (Å²) in [6.45, 7) is 0. The first-order chi connectivity index (χ1) is 7.74. The number of anilines is 1. The van der Waals surface area contributed by atoms with E-state index in [4.69, 9.17) is 5.73 Å². The highest BCUT2D eigenvalue weighted by molar-refractivity contribution is 5.64. The number of nitrogens with two attached hydrogens (primary N) is 1. The number of nitrogens with zero attached hydrogens (tertiary/aromatic N) is 2. The maximum absolute atomic E-state index is 9.50. The van der Waals surface area contributed by atoms with E-state index in [-0.39, 0.29) is 5.75 Å². The van der Waals surface area contributed by atoms with Gasteiger partial charge < -0.3 is 10.8 Å². The monoisotopic (exact) mass is 216 g/mol. The molecule has 1 heterocycles. The number of aromatic hydroxyl groups is 1. The van der Waals surface area contributed by atoms with Crippen molar-refractivity contribution < 1.29 is 5.11 Å². The molecule has 1 aliphatic rings. The minimum atomic E-state index is 0.0651. The third-order valence-corrected chi connectivity index (χ3v) is 2.76. The number of aromatic amines is 1. The van der Waals surface area contributed by atoms with E-state index in [0.717, 1.165) is 11.4 Å². The van der Waals surface area contributed by atoms with Gasteiger partial charge in [-0.05, 0) is 31.0 Å². The normalized spacial score (nSPS) is 15.2. The van der Waals surface area contributed by atoms with Crippen molar-refractivity contribution in [3.05, 3.63) is 24.0 Å². The first kappa shape index (κ1) is 9.21. The fourth-order valence-electron chi connectivity index (χ4n) is 1.63. The van der Waals surface area contributed by atoms with Crippen LogP contribution in [0.25, 0.3) is 11.4 Å². The summed E-state index contributed by atoms with van der Waals surface area (Å²) in [5.41, 5.74) is 6.67.